The van der Waals surface area contributed by atoms with Gasteiger partial charge >= 0.3 is 70.3 Å². The van der Waals surface area contributed by atoms with E-state index in [-0.39, 0.29) is 24.8 Å². The van der Waals surface area contributed by atoms with E-state index in [9.17, 15) is 0 Å². The molecule has 0 saturated heterocycles. The molecular weight excluding hydrogens is 490 g/mol. The Morgan fingerprint density at radius 2 is 1.55 bits per heavy atom. The average Bonchev–Trinajstić information content (AvgIpc) is 3.35. The second kappa shape index (κ2) is 14.5. The van der Waals surface area contributed by atoms with Gasteiger partial charge in [-0.15, -0.1) is 0 Å². The second-order valence-electron chi connectivity index (χ2n) is 8.20. The van der Waals surface area contributed by atoms with Crippen LogP contribution in [-0.4, -0.2) is 11.3 Å². The van der Waals surface area contributed by atoms with E-state index >= 15 is 0 Å². The molecule has 0 fully saturated rings. The number of hydrogen-bond donors (Lipinski definition) is 0. The van der Waals surface area contributed by atoms with Crippen LogP contribution in [0.4, 0.5) is 0 Å². The zero-order valence-electron chi connectivity index (χ0n) is 18.0. The minimum absolute atomic E-state index is 0. The SMILES string of the molecule is C[C](=[Zr+2])c1ccccc1.C[Si](C)(C)c1cc[cH-]c1.[Cl-].[Cl-].c1cc2c([cH-]1)CCCC2. The summed E-state index contributed by atoms with van der Waals surface area (Å²) in [5.74, 6) is 0. The Kier molecular flexibility index (Phi) is 14.2. The van der Waals surface area contributed by atoms with Gasteiger partial charge in [0.2, 0.25) is 0 Å². The Hall–Kier alpha value is -0.530. The molecular formula is C25H32Cl2SiZr-2. The van der Waals surface area contributed by atoms with Gasteiger partial charge < -0.3 is 24.8 Å². The van der Waals surface area contributed by atoms with Crippen molar-refractivity contribution in [1.82, 2.24) is 0 Å². The van der Waals surface area contributed by atoms with Crippen molar-refractivity contribution in [3.05, 3.63) is 89.5 Å². The van der Waals surface area contributed by atoms with Gasteiger partial charge in [0.15, 0.2) is 0 Å². The molecule has 156 valence electrons. The Labute approximate surface area is 206 Å². The van der Waals surface area contributed by atoms with Crippen molar-refractivity contribution >= 4 is 16.5 Å². The molecule has 0 saturated carbocycles. The molecule has 0 amide bonds. The first-order valence-corrected chi connectivity index (χ1v) is 14.7. The smallest absolute Gasteiger partial charge is 0.00392 e. The summed E-state index contributed by atoms with van der Waals surface area (Å²) in [6, 6.07) is 25.9. The van der Waals surface area contributed by atoms with Crippen molar-refractivity contribution in [2.45, 2.75) is 52.2 Å². The van der Waals surface area contributed by atoms with Gasteiger partial charge in [0.25, 0.3) is 0 Å². The van der Waals surface area contributed by atoms with Gasteiger partial charge in [-0.05, 0) is 0 Å². The minimum atomic E-state index is -0.981. The summed E-state index contributed by atoms with van der Waals surface area (Å²) in [7, 11) is -0.981. The number of hydrogen-bond acceptors (Lipinski definition) is 0. The van der Waals surface area contributed by atoms with E-state index in [0.717, 1.165) is 0 Å². The molecule has 0 nitrogen and oxygen atoms in total. The van der Waals surface area contributed by atoms with E-state index in [2.05, 4.69) is 93.3 Å². The van der Waals surface area contributed by atoms with Crippen LogP contribution in [-0.2, 0) is 37.1 Å². The summed E-state index contributed by atoms with van der Waals surface area (Å²) < 4.78 is 1.46. The normalized spacial score (nSPS) is 11.9. The predicted molar refractivity (Wildman–Crippen MR) is 120 cm³/mol. The van der Waals surface area contributed by atoms with Crippen LogP contribution in [0, 0.1) is 0 Å². The molecule has 0 radical (unpaired) electrons. The maximum absolute atomic E-state index is 2.36. The van der Waals surface area contributed by atoms with Crippen LogP contribution < -0.4 is 30.0 Å². The van der Waals surface area contributed by atoms with E-state index in [1.807, 2.05) is 6.07 Å². The summed E-state index contributed by atoms with van der Waals surface area (Å²) in [6.45, 7) is 9.25. The molecule has 3 aromatic carbocycles. The van der Waals surface area contributed by atoms with Crippen molar-refractivity contribution in [1.29, 1.82) is 0 Å². The molecule has 4 heteroatoms. The summed E-state index contributed by atoms with van der Waals surface area (Å²) in [5, 5.41) is 1.56. The minimum Gasteiger partial charge on any atom is -1.00 e. The number of benzene rings is 1. The molecule has 0 aromatic heterocycles. The molecule has 0 unspecified atom stereocenters. The van der Waals surface area contributed by atoms with Crippen molar-refractivity contribution in [3.63, 3.8) is 0 Å². The standard InChI is InChI=1S/C9H11.C8H13Si.C8H8.2ClH.Zr/c1-2-5-9-7-3-6-8(9)4-1;1-9(2,3)8-6-4-5-7-8;1-2-8-6-4-3-5-7-8;;;/h3,6-7H,1-2,4-5H2;4-7H,1-3H3;3-7H,1H3;2*1H;/q2*-1;;;;+2/p-2. The van der Waals surface area contributed by atoms with Gasteiger partial charge in [-0.2, -0.15) is 41.5 Å². The maximum atomic E-state index is 2.36. The van der Waals surface area contributed by atoms with Crippen LogP contribution in [0.1, 0.15) is 36.5 Å². The summed E-state index contributed by atoms with van der Waals surface area (Å²) in [4.78, 5) is 0. The third-order valence-electron chi connectivity index (χ3n) is 4.89. The van der Waals surface area contributed by atoms with Crippen LogP contribution in [0.15, 0.2) is 72.8 Å². The van der Waals surface area contributed by atoms with Gasteiger partial charge in [-0.25, -0.2) is 17.3 Å². The number of aryl methyl sites for hydroxylation is 2. The monoisotopic (exact) mass is 520 g/mol. The van der Waals surface area contributed by atoms with Gasteiger partial charge in [-0.1, -0.05) is 45.3 Å². The molecule has 1 aliphatic carbocycles. The zero-order chi connectivity index (χ0) is 19.7. The van der Waals surface area contributed by atoms with Crippen molar-refractivity contribution in [3.8, 4) is 0 Å². The van der Waals surface area contributed by atoms with Crippen molar-refractivity contribution < 1.29 is 49.0 Å². The fourth-order valence-corrected chi connectivity index (χ4v) is 4.78. The predicted octanol–water partition coefficient (Wildman–Crippen LogP) is 0.0168. The second-order valence-corrected chi connectivity index (χ2v) is 15.1. The molecule has 4 rings (SSSR count). The van der Waals surface area contributed by atoms with Crippen molar-refractivity contribution in [2.75, 3.05) is 0 Å². The van der Waals surface area contributed by atoms with Crippen LogP contribution >= 0.6 is 0 Å². The maximum Gasteiger partial charge on any atom is 0.00392 e. The van der Waals surface area contributed by atoms with Crippen LogP contribution in [0.2, 0.25) is 19.6 Å². The molecule has 1 aliphatic rings. The first kappa shape index (κ1) is 28.5. The van der Waals surface area contributed by atoms with E-state index in [4.69, 9.17) is 0 Å². The molecule has 0 bridgehead atoms. The molecule has 0 aliphatic heterocycles. The molecule has 0 atom stereocenters. The van der Waals surface area contributed by atoms with Gasteiger partial charge in [0.1, 0.15) is 0 Å². The zero-order valence-corrected chi connectivity index (χ0v) is 23.0. The Morgan fingerprint density at radius 3 is 2.00 bits per heavy atom. The fraction of sp³-hybridized carbons (Fsp3) is 0.320. The summed E-state index contributed by atoms with van der Waals surface area (Å²) in [6.07, 6.45) is 5.44. The quantitative estimate of drug-likeness (QED) is 0.329. The van der Waals surface area contributed by atoms with Crippen LogP contribution in [0.25, 0.3) is 0 Å². The van der Waals surface area contributed by atoms with Gasteiger partial charge in [0, 0.05) is 8.07 Å². The van der Waals surface area contributed by atoms with Gasteiger partial charge in [0.05, 0.1) is 0 Å². The fourth-order valence-electron chi connectivity index (χ4n) is 3.18. The number of halogens is 2. The Bertz CT molecular complexity index is 778. The first-order chi connectivity index (χ1) is 12.9. The van der Waals surface area contributed by atoms with E-state index in [1.165, 1.54) is 58.7 Å². The van der Waals surface area contributed by atoms with Gasteiger partial charge in [-0.3, -0.25) is 0 Å². The summed E-state index contributed by atoms with van der Waals surface area (Å²) in [5.41, 5.74) is 4.57. The van der Waals surface area contributed by atoms with E-state index in [1.54, 1.807) is 16.3 Å². The number of fused-ring (bicyclic) bond motifs is 1. The Balaban J connectivity index is 0.000000392. The third kappa shape index (κ3) is 10.4. The summed E-state index contributed by atoms with van der Waals surface area (Å²) >= 11 is 1.51. The van der Waals surface area contributed by atoms with E-state index < -0.39 is 8.07 Å². The largest absolute Gasteiger partial charge is 1.00 e. The molecule has 0 spiro atoms. The topological polar surface area (TPSA) is 0 Å². The van der Waals surface area contributed by atoms with Crippen LogP contribution in [0.3, 0.4) is 0 Å². The Morgan fingerprint density at radius 1 is 0.897 bits per heavy atom. The van der Waals surface area contributed by atoms with E-state index in [0.29, 0.717) is 0 Å². The van der Waals surface area contributed by atoms with Crippen LogP contribution in [0.5, 0.6) is 0 Å². The first-order valence-electron chi connectivity index (χ1n) is 9.94. The average molecular weight is 523 g/mol. The van der Waals surface area contributed by atoms with Crippen molar-refractivity contribution in [2.24, 2.45) is 0 Å². The number of rotatable bonds is 2. The molecule has 3 aromatic rings. The molecule has 0 N–H and O–H groups in total. The molecule has 0 heterocycles. The third-order valence-corrected chi connectivity index (χ3v) is 7.66. The molecule has 29 heavy (non-hydrogen) atoms.